The van der Waals surface area contributed by atoms with E-state index in [1.807, 2.05) is 0 Å². The van der Waals surface area contributed by atoms with E-state index in [1.54, 1.807) is 5.92 Å². The van der Waals surface area contributed by atoms with E-state index in [4.69, 9.17) is 0 Å². The summed E-state index contributed by atoms with van der Waals surface area (Å²) in [6.07, 6.45) is 4.64. The summed E-state index contributed by atoms with van der Waals surface area (Å²) < 4.78 is 0. The van der Waals surface area contributed by atoms with Crippen molar-refractivity contribution in [1.82, 2.24) is 5.32 Å². The van der Waals surface area contributed by atoms with Crippen LogP contribution < -0.4 is 11.1 Å². The lowest BCUT2D eigenvalue weighted by Gasteiger charge is -1.92. The lowest BCUT2D eigenvalue weighted by atomic mass is 10.5. The van der Waals surface area contributed by atoms with Gasteiger partial charge in [-0.05, 0) is 5.92 Å². The van der Waals surface area contributed by atoms with Crippen molar-refractivity contribution in [2.24, 2.45) is 5.73 Å². The van der Waals surface area contributed by atoms with E-state index in [2.05, 4.69) is 17.5 Å². The van der Waals surface area contributed by atoms with Crippen molar-refractivity contribution in [2.75, 3.05) is 6.54 Å². The van der Waals surface area contributed by atoms with E-state index < -0.39 is 11.8 Å². The molecule has 0 saturated heterocycles. The molecule has 0 aliphatic carbocycles. The summed E-state index contributed by atoms with van der Waals surface area (Å²) in [7, 11) is 0. The van der Waals surface area contributed by atoms with Crippen molar-refractivity contribution in [3.63, 3.8) is 0 Å². The quantitative estimate of drug-likeness (QED) is 0.429. The van der Waals surface area contributed by atoms with Gasteiger partial charge in [-0.2, -0.15) is 0 Å². The maximum absolute atomic E-state index is 10.2. The number of hydrogen-bond acceptors (Lipinski definition) is 2. The van der Waals surface area contributed by atoms with Gasteiger partial charge in [0.1, 0.15) is 0 Å². The van der Waals surface area contributed by atoms with Gasteiger partial charge in [-0.1, -0.05) is 0 Å². The lowest BCUT2D eigenvalue weighted by molar-refractivity contribution is -0.121. The summed E-state index contributed by atoms with van der Waals surface area (Å²) in [6.45, 7) is -0.205. The fraction of sp³-hybridized carbons (Fsp3) is 0.200. The number of terminal acetylenes is 1. The monoisotopic (exact) mass is 126 g/mol. The van der Waals surface area contributed by atoms with Crippen LogP contribution in [-0.2, 0) is 9.59 Å². The molecule has 48 valence electrons. The molecule has 0 rings (SSSR count). The van der Waals surface area contributed by atoms with Crippen molar-refractivity contribution in [3.8, 4) is 12.3 Å². The van der Waals surface area contributed by atoms with Crippen molar-refractivity contribution >= 4 is 11.8 Å². The molecular weight excluding hydrogens is 120 g/mol. The Morgan fingerprint density at radius 3 is 2.56 bits per heavy atom. The molecule has 0 saturated carbocycles. The molecule has 0 aromatic heterocycles. The van der Waals surface area contributed by atoms with Crippen LogP contribution in [0.4, 0.5) is 0 Å². The SMILES string of the molecule is C#CC(=O)NCC(N)=O. The summed E-state index contributed by atoms with van der Waals surface area (Å²) in [5.41, 5.74) is 4.67. The molecule has 3 N–H and O–H groups in total. The minimum atomic E-state index is -0.631. The fourth-order valence-corrected chi connectivity index (χ4v) is 0.218. The minimum Gasteiger partial charge on any atom is -0.368 e. The van der Waals surface area contributed by atoms with Crippen LogP contribution in [0.1, 0.15) is 0 Å². The highest BCUT2D eigenvalue weighted by molar-refractivity contribution is 5.95. The second kappa shape index (κ2) is 3.50. The molecule has 0 bridgehead atoms. The highest BCUT2D eigenvalue weighted by atomic mass is 16.2. The average molecular weight is 126 g/mol. The van der Waals surface area contributed by atoms with Crippen LogP contribution in [-0.4, -0.2) is 18.4 Å². The fourth-order valence-electron chi connectivity index (χ4n) is 0.218. The summed E-state index contributed by atoms with van der Waals surface area (Å²) in [4.78, 5) is 20.1. The van der Waals surface area contributed by atoms with Crippen LogP contribution in [0.3, 0.4) is 0 Å². The van der Waals surface area contributed by atoms with Gasteiger partial charge in [0.2, 0.25) is 5.91 Å². The first kappa shape index (κ1) is 7.50. The normalized spacial score (nSPS) is 7.44. The molecule has 0 atom stereocenters. The predicted octanol–water partition coefficient (Wildman–Crippen LogP) is -1.78. The molecular formula is C5H6N2O2. The van der Waals surface area contributed by atoms with Gasteiger partial charge in [-0.25, -0.2) is 0 Å². The first-order valence-electron chi connectivity index (χ1n) is 2.19. The Kier molecular flexibility index (Phi) is 2.91. The number of nitrogens with one attached hydrogen (secondary N) is 1. The molecule has 2 amide bonds. The Labute approximate surface area is 52.4 Å². The number of primary amides is 1. The minimum absolute atomic E-state index is 0.205. The van der Waals surface area contributed by atoms with Crippen LogP contribution in [0, 0.1) is 12.3 Å². The number of rotatable bonds is 2. The van der Waals surface area contributed by atoms with Crippen LogP contribution in [0.5, 0.6) is 0 Å². The molecule has 9 heavy (non-hydrogen) atoms. The molecule has 0 heterocycles. The van der Waals surface area contributed by atoms with Crippen molar-refractivity contribution < 1.29 is 9.59 Å². The van der Waals surface area contributed by atoms with E-state index in [0.717, 1.165) is 0 Å². The first-order chi connectivity index (χ1) is 4.16. The number of amides is 2. The Morgan fingerprint density at radius 1 is 1.67 bits per heavy atom. The third kappa shape index (κ3) is 4.35. The van der Waals surface area contributed by atoms with Crippen LogP contribution in [0.2, 0.25) is 0 Å². The molecule has 0 unspecified atom stereocenters. The van der Waals surface area contributed by atoms with Gasteiger partial charge in [0.15, 0.2) is 0 Å². The van der Waals surface area contributed by atoms with Crippen molar-refractivity contribution in [3.05, 3.63) is 0 Å². The van der Waals surface area contributed by atoms with Crippen LogP contribution in [0.25, 0.3) is 0 Å². The molecule has 0 aromatic carbocycles. The summed E-state index contributed by atoms with van der Waals surface area (Å²) in [5.74, 6) is 0.519. The van der Waals surface area contributed by atoms with Gasteiger partial charge < -0.3 is 11.1 Å². The van der Waals surface area contributed by atoms with Crippen LogP contribution in [0.15, 0.2) is 0 Å². The number of hydrogen-bond donors (Lipinski definition) is 2. The topological polar surface area (TPSA) is 72.2 Å². The zero-order valence-electron chi connectivity index (χ0n) is 4.68. The number of carbonyl (C=O) groups is 2. The van der Waals surface area contributed by atoms with Crippen LogP contribution >= 0.6 is 0 Å². The van der Waals surface area contributed by atoms with E-state index in [0.29, 0.717) is 0 Å². The highest BCUT2D eigenvalue weighted by Gasteiger charge is 1.95. The third-order valence-electron chi connectivity index (χ3n) is 0.554. The summed E-state index contributed by atoms with van der Waals surface area (Å²) in [5, 5.41) is 2.08. The Balaban J connectivity index is 3.43. The molecule has 0 aliphatic rings. The lowest BCUT2D eigenvalue weighted by Crippen LogP contribution is -2.32. The Morgan fingerprint density at radius 2 is 2.22 bits per heavy atom. The molecule has 0 radical (unpaired) electrons. The van der Waals surface area contributed by atoms with Crippen molar-refractivity contribution in [2.45, 2.75) is 0 Å². The van der Waals surface area contributed by atoms with E-state index in [1.165, 1.54) is 0 Å². The molecule has 0 aliphatic heterocycles. The van der Waals surface area contributed by atoms with Gasteiger partial charge >= 0.3 is 0 Å². The van der Waals surface area contributed by atoms with Gasteiger partial charge in [0, 0.05) is 0 Å². The zero-order chi connectivity index (χ0) is 7.28. The zero-order valence-corrected chi connectivity index (χ0v) is 4.68. The third-order valence-corrected chi connectivity index (χ3v) is 0.554. The molecule has 0 fully saturated rings. The number of nitrogens with two attached hydrogens (primary N) is 1. The van der Waals surface area contributed by atoms with E-state index >= 15 is 0 Å². The molecule has 0 aromatic rings. The van der Waals surface area contributed by atoms with Gasteiger partial charge in [0.05, 0.1) is 6.54 Å². The Bertz CT molecular complexity index is 168. The van der Waals surface area contributed by atoms with E-state index in [-0.39, 0.29) is 6.54 Å². The average Bonchev–Trinajstić information content (AvgIpc) is 1.83. The highest BCUT2D eigenvalue weighted by Crippen LogP contribution is 1.58. The largest absolute Gasteiger partial charge is 0.368 e. The predicted molar refractivity (Wildman–Crippen MR) is 31.0 cm³/mol. The second-order valence-corrected chi connectivity index (χ2v) is 1.29. The van der Waals surface area contributed by atoms with Gasteiger partial charge in [-0.15, -0.1) is 6.42 Å². The molecule has 4 heteroatoms. The summed E-state index contributed by atoms with van der Waals surface area (Å²) in [6, 6.07) is 0. The van der Waals surface area contributed by atoms with Gasteiger partial charge in [0.25, 0.3) is 5.91 Å². The second-order valence-electron chi connectivity index (χ2n) is 1.29. The smallest absolute Gasteiger partial charge is 0.296 e. The maximum Gasteiger partial charge on any atom is 0.296 e. The Hall–Kier alpha value is -1.50. The maximum atomic E-state index is 10.2. The molecule has 0 spiro atoms. The standard InChI is InChI=1S/C5H6N2O2/c1-2-5(9)7-3-4(6)8/h1H,3H2,(H2,6,8)(H,7,9). The molecule has 4 nitrogen and oxygen atoms in total. The summed E-state index contributed by atoms with van der Waals surface area (Å²) >= 11 is 0. The van der Waals surface area contributed by atoms with E-state index in [9.17, 15) is 9.59 Å². The van der Waals surface area contributed by atoms with Gasteiger partial charge in [-0.3, -0.25) is 9.59 Å². The first-order valence-corrected chi connectivity index (χ1v) is 2.19. The number of carbonyl (C=O) groups excluding carboxylic acids is 2. The van der Waals surface area contributed by atoms with Crippen molar-refractivity contribution in [1.29, 1.82) is 0 Å².